The van der Waals surface area contributed by atoms with Crippen LogP contribution in [0.4, 0.5) is 0 Å². The number of hydrogen-bond donors (Lipinski definition) is 2. The van der Waals surface area contributed by atoms with Crippen LogP contribution in [-0.4, -0.2) is 90.3 Å². The van der Waals surface area contributed by atoms with Crippen molar-refractivity contribution in [3.63, 3.8) is 0 Å². The van der Waals surface area contributed by atoms with E-state index >= 15 is 0 Å². The average molecular weight is 863 g/mol. The standard InChI is InChI=1S/2C15H16N4.3C3H7O.2Al.HI/c2*1-10-5-4-6-13(7-10)14-9-16-15(17-14)19-12(3)8-11(2)18-19;3*1-3(2)4;;;/h2*4-9H,1-3H3,(H,16,17);3*3H,1-2H3;;;1H/q;;3*-1;2*+3;/p-1. The zero-order valence-electron chi connectivity index (χ0n) is 33.1. The van der Waals surface area contributed by atoms with Crippen LogP contribution in [0.5, 0.6) is 0 Å². The Balaban J connectivity index is 0.000000276. The molecule has 53 heavy (non-hydrogen) atoms. The summed E-state index contributed by atoms with van der Waals surface area (Å²) in [5, 5.41) is 8.86. The van der Waals surface area contributed by atoms with E-state index in [1.807, 2.05) is 103 Å². The van der Waals surface area contributed by atoms with Crippen LogP contribution in [0.2, 0.25) is 0 Å². The number of benzene rings is 2. The third kappa shape index (κ3) is 14.3. The van der Waals surface area contributed by atoms with Crippen molar-refractivity contribution in [1.82, 2.24) is 39.5 Å². The van der Waals surface area contributed by atoms with Crippen LogP contribution < -0.4 is 24.0 Å². The molecule has 0 radical (unpaired) electrons. The van der Waals surface area contributed by atoms with Gasteiger partial charge in [-0.05, 0) is 118 Å². The Labute approximate surface area is 347 Å². The molecule has 0 aliphatic carbocycles. The van der Waals surface area contributed by atoms with Crippen molar-refractivity contribution in [3.8, 4) is 34.4 Å². The van der Waals surface area contributed by atoms with Crippen LogP contribution in [0.15, 0.2) is 73.1 Å². The predicted octanol–water partition coefficient (Wildman–Crippen LogP) is 5.24. The minimum Gasteiger partial charge on any atom is -1.00 e. The van der Waals surface area contributed by atoms with Crippen LogP contribution in [0.25, 0.3) is 34.4 Å². The fourth-order valence-corrected chi connectivity index (χ4v) is 6.73. The summed E-state index contributed by atoms with van der Waals surface area (Å²) in [6, 6.07) is 20.8. The topological polar surface area (TPSA) is 121 Å². The molecule has 11 nitrogen and oxygen atoms in total. The van der Waals surface area contributed by atoms with Gasteiger partial charge in [0.25, 0.3) is 0 Å². The van der Waals surface area contributed by atoms with Gasteiger partial charge >= 0.3 is 32.5 Å². The van der Waals surface area contributed by atoms with Crippen LogP contribution in [0.1, 0.15) is 75.4 Å². The Morgan fingerprint density at radius 2 is 0.925 bits per heavy atom. The van der Waals surface area contributed by atoms with Gasteiger partial charge in [-0.1, -0.05) is 47.5 Å². The molecule has 2 N–H and O–H groups in total. The molecular weight excluding hydrogens is 809 g/mol. The molecule has 6 aromatic rings. The van der Waals surface area contributed by atoms with Gasteiger partial charge in [0.2, 0.25) is 11.9 Å². The molecule has 278 valence electrons. The third-order valence-electron chi connectivity index (χ3n) is 7.35. The Kier molecular flexibility index (Phi) is 18.9. The third-order valence-corrected chi connectivity index (χ3v) is 9.65. The number of nitrogens with zero attached hydrogens (tertiary/aromatic N) is 6. The molecule has 0 aliphatic rings. The van der Waals surface area contributed by atoms with E-state index < -0.39 is 15.1 Å². The van der Waals surface area contributed by atoms with Gasteiger partial charge in [-0.25, -0.2) is 19.3 Å². The quantitative estimate of drug-likeness (QED) is 0.143. The van der Waals surface area contributed by atoms with Crippen LogP contribution >= 0.6 is 0 Å². The second-order valence-electron chi connectivity index (χ2n) is 13.5. The molecule has 0 aliphatic heterocycles. The molecule has 2 aromatic carbocycles. The van der Waals surface area contributed by atoms with Crippen LogP contribution in [-0.2, 0) is 11.4 Å². The number of halogens is 1. The maximum Gasteiger partial charge on any atom is 3.00 e. The molecule has 0 bridgehead atoms. The molecule has 14 heteroatoms. The summed E-state index contributed by atoms with van der Waals surface area (Å²) in [5.41, 5.74) is 10.9. The Morgan fingerprint density at radius 1 is 0.566 bits per heavy atom. The summed E-state index contributed by atoms with van der Waals surface area (Å²) in [4.78, 5) is 15.5. The van der Waals surface area contributed by atoms with Crippen molar-refractivity contribution >= 4 is 32.5 Å². The van der Waals surface area contributed by atoms with Gasteiger partial charge in [-0.3, -0.25) is 0 Å². The van der Waals surface area contributed by atoms with Gasteiger partial charge in [-0.15, -0.1) is 0 Å². The SMILES string of the molecule is CC(C)[O][Al]([O]C(C)C)[O]C(C)C.Cc1cccc(-c2cnc(-n3nc(C)cc3C)[nH]2)c1.Cc1cccc(-c2cnc(-n3nc(C)cc3C)[nH]2)c1.[Al+3].[I-]. The van der Waals surface area contributed by atoms with E-state index in [9.17, 15) is 0 Å². The first-order valence-corrected chi connectivity index (χ1v) is 18.9. The van der Waals surface area contributed by atoms with E-state index in [-0.39, 0.29) is 59.6 Å². The number of aryl methyl sites for hydroxylation is 6. The maximum absolute atomic E-state index is 5.57. The Morgan fingerprint density at radius 3 is 1.21 bits per heavy atom. The van der Waals surface area contributed by atoms with Crippen molar-refractivity contribution in [2.24, 2.45) is 0 Å². The molecule has 4 aromatic heterocycles. The zero-order chi connectivity index (χ0) is 37.2. The van der Waals surface area contributed by atoms with Crippen molar-refractivity contribution in [2.75, 3.05) is 0 Å². The van der Waals surface area contributed by atoms with E-state index in [4.69, 9.17) is 11.4 Å². The first kappa shape index (κ1) is 46.1. The smallest absolute Gasteiger partial charge is 1.00 e. The second-order valence-corrected chi connectivity index (χ2v) is 14.9. The van der Waals surface area contributed by atoms with Crippen LogP contribution in [0, 0.1) is 41.5 Å². The molecule has 0 spiro atoms. The maximum atomic E-state index is 5.57. The van der Waals surface area contributed by atoms with Crippen LogP contribution in [0.3, 0.4) is 0 Å². The molecule has 0 unspecified atom stereocenters. The molecule has 4 heterocycles. The number of aromatic nitrogens is 8. The molecular formula is C39H53Al2IN8O3+2. The summed E-state index contributed by atoms with van der Waals surface area (Å²) >= 11 is -1.91. The number of rotatable bonds is 10. The fourth-order valence-electron chi connectivity index (χ4n) is 5.20. The van der Waals surface area contributed by atoms with Crippen molar-refractivity contribution in [2.45, 2.75) is 101 Å². The summed E-state index contributed by atoms with van der Waals surface area (Å²) < 4.78 is 20.4. The van der Waals surface area contributed by atoms with Gasteiger partial charge in [0.15, 0.2) is 0 Å². The normalized spacial score (nSPS) is 10.7. The number of aromatic amines is 2. The average Bonchev–Trinajstić information content (AvgIpc) is 3.84. The first-order chi connectivity index (χ1) is 24.2. The van der Waals surface area contributed by atoms with Crippen molar-refractivity contribution < 1.29 is 35.3 Å². The van der Waals surface area contributed by atoms with E-state index in [1.54, 1.807) is 0 Å². The van der Waals surface area contributed by atoms with E-state index in [1.165, 1.54) is 11.1 Å². The van der Waals surface area contributed by atoms with E-state index in [2.05, 4.69) is 92.5 Å². The number of nitrogens with one attached hydrogen (secondary N) is 2. The second kappa shape index (κ2) is 21.7. The molecule has 6 rings (SSSR count). The van der Waals surface area contributed by atoms with E-state index in [0.29, 0.717) is 0 Å². The van der Waals surface area contributed by atoms with Gasteiger partial charge < -0.3 is 45.3 Å². The first-order valence-electron chi connectivity index (χ1n) is 17.5. The monoisotopic (exact) mass is 862 g/mol. The van der Waals surface area contributed by atoms with Gasteiger partial charge in [0.05, 0.1) is 35.2 Å². The van der Waals surface area contributed by atoms with E-state index in [0.717, 1.165) is 57.2 Å². The zero-order valence-corrected chi connectivity index (χ0v) is 37.6. The molecule has 0 saturated heterocycles. The van der Waals surface area contributed by atoms with Gasteiger partial charge in [0.1, 0.15) is 0 Å². The van der Waals surface area contributed by atoms with Crippen molar-refractivity contribution in [1.29, 1.82) is 0 Å². The Hall–Kier alpha value is -3.05. The number of H-pyrrole nitrogens is 2. The summed E-state index contributed by atoms with van der Waals surface area (Å²) in [7, 11) is 0. The molecule has 0 amide bonds. The molecule has 0 saturated carbocycles. The number of hydrogen-bond acceptors (Lipinski definition) is 7. The summed E-state index contributed by atoms with van der Waals surface area (Å²) in [6.07, 6.45) is 4.22. The van der Waals surface area contributed by atoms with Gasteiger partial charge in [0, 0.05) is 29.7 Å². The number of imidazole rings is 2. The summed E-state index contributed by atoms with van der Waals surface area (Å²) in [6.45, 7) is 24.1. The predicted molar refractivity (Wildman–Crippen MR) is 211 cm³/mol. The van der Waals surface area contributed by atoms with Crippen molar-refractivity contribution in [3.05, 3.63) is 107 Å². The minimum atomic E-state index is -1.91. The fraction of sp³-hybridized carbons (Fsp3) is 0.385. The van der Waals surface area contributed by atoms with Gasteiger partial charge in [-0.2, -0.15) is 10.2 Å². The molecule has 0 fully saturated rings. The molecule has 0 atom stereocenters. The summed E-state index contributed by atoms with van der Waals surface area (Å²) in [5.74, 6) is 1.50. The largest absolute Gasteiger partial charge is 3.00 e. The Bertz CT molecular complexity index is 1830. The minimum absolute atomic E-state index is 0.